The summed E-state index contributed by atoms with van der Waals surface area (Å²) in [6.07, 6.45) is 0. The van der Waals surface area contributed by atoms with Crippen LogP contribution >= 0.6 is 0 Å². The third-order valence-electron chi connectivity index (χ3n) is 10.3. The number of halogens is 1. The molecule has 8 heteroatoms. The summed E-state index contributed by atoms with van der Waals surface area (Å²) in [7, 11) is 0. The minimum atomic E-state index is -0.347. The van der Waals surface area contributed by atoms with E-state index in [2.05, 4.69) is 88.0 Å². The molecule has 0 bridgehead atoms. The Morgan fingerprint density at radius 2 is 1.15 bits per heavy atom. The summed E-state index contributed by atoms with van der Waals surface area (Å²) in [5.74, 6) is 0.898. The summed E-state index contributed by atoms with van der Waals surface area (Å²) in [4.78, 5) is 15.0. The molecule has 7 aromatic carbocycles. The zero-order valence-electron chi connectivity index (χ0n) is 28.4. The average Bonchev–Trinajstić information content (AvgIpc) is 3.89. The quantitative estimate of drug-likeness (QED) is 0.183. The molecule has 0 N–H and O–H groups in total. The maximum Gasteiger partial charge on any atom is 0.238 e. The standard InChI is InChI=1S/C46H25FN6O/c47-30-20-18-29(19-21-30)45-49-44(28-16-14-27(26-48)15-17-28)50-46(51-45)53-36-12-6-4-11-34(36)40-37(53)25-23-35-41-38(52(42(35)40)31-8-2-1-3-9-31)24-22-33-32-10-5-7-13-39(32)54-43(33)41/h1-25H. The van der Waals surface area contributed by atoms with Gasteiger partial charge in [0.25, 0.3) is 0 Å². The van der Waals surface area contributed by atoms with Gasteiger partial charge in [0.2, 0.25) is 5.95 Å². The summed E-state index contributed by atoms with van der Waals surface area (Å²) < 4.78 is 25.1. The SMILES string of the molecule is N#Cc1ccc(-c2nc(-c3ccc(F)cc3)nc(-n3c4ccccc4c4c3ccc3c5c6oc7ccccc7c6ccc5n(-c5ccccc5)c34)n2)cc1. The molecule has 0 aliphatic rings. The number of nitriles is 1. The highest BCUT2D eigenvalue weighted by Gasteiger charge is 2.25. The molecule has 54 heavy (non-hydrogen) atoms. The fourth-order valence-electron chi connectivity index (χ4n) is 7.90. The first kappa shape index (κ1) is 30.0. The van der Waals surface area contributed by atoms with Gasteiger partial charge in [-0.1, -0.05) is 54.6 Å². The fraction of sp³-hybridized carbons (Fsp3) is 0. The molecule has 0 spiro atoms. The molecule has 11 aromatic rings. The van der Waals surface area contributed by atoms with Crippen molar-refractivity contribution in [3.05, 3.63) is 163 Å². The molecule has 11 rings (SSSR count). The monoisotopic (exact) mass is 696 g/mol. The van der Waals surface area contributed by atoms with Crippen LogP contribution in [0, 0.1) is 17.1 Å². The number of hydrogen-bond donors (Lipinski definition) is 0. The normalized spacial score (nSPS) is 11.8. The van der Waals surface area contributed by atoms with Crippen molar-refractivity contribution < 1.29 is 8.81 Å². The number of para-hydroxylation sites is 3. The van der Waals surface area contributed by atoms with E-state index in [0.717, 1.165) is 76.8 Å². The van der Waals surface area contributed by atoms with Crippen LogP contribution in [0.15, 0.2) is 156 Å². The van der Waals surface area contributed by atoms with Gasteiger partial charge in [-0.2, -0.15) is 15.2 Å². The third kappa shape index (κ3) is 4.36. The van der Waals surface area contributed by atoms with Gasteiger partial charge in [0, 0.05) is 43.7 Å². The molecule has 0 unspecified atom stereocenters. The molecule has 252 valence electrons. The number of benzene rings is 7. The number of rotatable bonds is 4. The smallest absolute Gasteiger partial charge is 0.238 e. The number of aromatic nitrogens is 5. The Balaban J connectivity index is 1.28. The minimum Gasteiger partial charge on any atom is -0.455 e. The zero-order valence-corrected chi connectivity index (χ0v) is 28.4. The molecule has 0 amide bonds. The topological polar surface area (TPSA) is 85.5 Å². The predicted molar refractivity (Wildman–Crippen MR) is 211 cm³/mol. The van der Waals surface area contributed by atoms with Gasteiger partial charge in [0.05, 0.1) is 39.1 Å². The molecule has 0 fully saturated rings. The molecule has 0 aliphatic heterocycles. The van der Waals surface area contributed by atoms with E-state index < -0.39 is 0 Å². The van der Waals surface area contributed by atoms with E-state index in [1.54, 1.807) is 24.3 Å². The summed E-state index contributed by atoms with van der Waals surface area (Å²) in [5, 5.41) is 15.8. The van der Waals surface area contributed by atoms with Gasteiger partial charge in [-0.3, -0.25) is 4.57 Å². The average molecular weight is 697 g/mol. The molecule has 7 nitrogen and oxygen atoms in total. The Labute approximate surface area is 306 Å². The van der Waals surface area contributed by atoms with Crippen molar-refractivity contribution >= 4 is 65.6 Å². The van der Waals surface area contributed by atoms with Crippen molar-refractivity contribution in [3.63, 3.8) is 0 Å². The first-order valence-electron chi connectivity index (χ1n) is 17.5. The second-order valence-electron chi connectivity index (χ2n) is 13.3. The van der Waals surface area contributed by atoms with Crippen LogP contribution in [0.1, 0.15) is 5.56 Å². The molecule has 0 saturated heterocycles. The Morgan fingerprint density at radius 3 is 1.89 bits per heavy atom. The lowest BCUT2D eigenvalue weighted by Crippen LogP contribution is -2.06. The van der Waals surface area contributed by atoms with Crippen molar-refractivity contribution in [3.8, 4) is 40.5 Å². The summed E-state index contributed by atoms with van der Waals surface area (Å²) in [6.45, 7) is 0. The van der Waals surface area contributed by atoms with E-state index in [9.17, 15) is 9.65 Å². The van der Waals surface area contributed by atoms with Crippen molar-refractivity contribution in [1.82, 2.24) is 24.1 Å². The zero-order chi connectivity index (χ0) is 35.9. The maximum atomic E-state index is 14.1. The third-order valence-corrected chi connectivity index (χ3v) is 10.3. The lowest BCUT2D eigenvalue weighted by atomic mass is 10.1. The van der Waals surface area contributed by atoms with E-state index >= 15 is 0 Å². The Hall–Kier alpha value is -7.63. The van der Waals surface area contributed by atoms with Gasteiger partial charge >= 0.3 is 0 Å². The van der Waals surface area contributed by atoms with Crippen LogP contribution < -0.4 is 0 Å². The highest BCUT2D eigenvalue weighted by Crippen LogP contribution is 2.45. The largest absolute Gasteiger partial charge is 0.455 e. The van der Waals surface area contributed by atoms with Gasteiger partial charge in [-0.15, -0.1) is 0 Å². The van der Waals surface area contributed by atoms with Crippen LogP contribution in [0.5, 0.6) is 0 Å². The number of fused-ring (bicyclic) bond motifs is 11. The van der Waals surface area contributed by atoms with Gasteiger partial charge in [-0.05, 0) is 97.1 Å². The molecule has 0 radical (unpaired) electrons. The van der Waals surface area contributed by atoms with Gasteiger partial charge in [0.1, 0.15) is 17.0 Å². The predicted octanol–water partition coefficient (Wildman–Crippen LogP) is 11.3. The van der Waals surface area contributed by atoms with Crippen LogP contribution in [-0.2, 0) is 0 Å². The molecule has 0 saturated carbocycles. The molecule has 0 atom stereocenters. The van der Waals surface area contributed by atoms with Crippen molar-refractivity contribution in [2.75, 3.05) is 0 Å². The van der Waals surface area contributed by atoms with Gasteiger partial charge in [0.15, 0.2) is 11.6 Å². The first-order valence-corrected chi connectivity index (χ1v) is 17.5. The van der Waals surface area contributed by atoms with Crippen LogP contribution in [0.3, 0.4) is 0 Å². The Bertz CT molecular complexity index is 3340. The first-order chi connectivity index (χ1) is 26.6. The van der Waals surface area contributed by atoms with E-state index in [4.69, 9.17) is 19.4 Å². The number of hydrogen-bond acceptors (Lipinski definition) is 5. The fourth-order valence-corrected chi connectivity index (χ4v) is 7.90. The van der Waals surface area contributed by atoms with E-state index in [0.29, 0.717) is 28.7 Å². The van der Waals surface area contributed by atoms with Crippen molar-refractivity contribution in [2.24, 2.45) is 0 Å². The van der Waals surface area contributed by atoms with Crippen molar-refractivity contribution in [1.29, 1.82) is 5.26 Å². The Kier molecular flexibility index (Phi) is 6.36. The van der Waals surface area contributed by atoms with Crippen LogP contribution in [0.4, 0.5) is 4.39 Å². The van der Waals surface area contributed by atoms with Crippen LogP contribution in [0.25, 0.3) is 100.0 Å². The number of furan rings is 1. The highest BCUT2D eigenvalue weighted by atomic mass is 19.1. The van der Waals surface area contributed by atoms with Gasteiger partial charge in [-0.25, -0.2) is 9.37 Å². The molecule has 4 heterocycles. The van der Waals surface area contributed by atoms with E-state index in [-0.39, 0.29) is 5.82 Å². The lowest BCUT2D eigenvalue weighted by Gasteiger charge is -2.11. The van der Waals surface area contributed by atoms with Crippen LogP contribution in [-0.4, -0.2) is 24.1 Å². The molecule has 0 aliphatic carbocycles. The minimum absolute atomic E-state index is 0.347. The van der Waals surface area contributed by atoms with Crippen LogP contribution in [0.2, 0.25) is 0 Å². The summed E-state index contributed by atoms with van der Waals surface area (Å²) >= 11 is 0. The van der Waals surface area contributed by atoms with E-state index in [1.807, 2.05) is 42.5 Å². The highest BCUT2D eigenvalue weighted by molar-refractivity contribution is 6.30. The summed E-state index contributed by atoms with van der Waals surface area (Å²) in [5.41, 5.74) is 8.54. The molecule has 4 aromatic heterocycles. The summed E-state index contributed by atoms with van der Waals surface area (Å²) in [6, 6.07) is 51.0. The maximum absolute atomic E-state index is 14.1. The van der Waals surface area contributed by atoms with Crippen molar-refractivity contribution in [2.45, 2.75) is 0 Å². The lowest BCUT2D eigenvalue weighted by molar-refractivity contribution is 0.628. The van der Waals surface area contributed by atoms with Gasteiger partial charge < -0.3 is 8.98 Å². The Morgan fingerprint density at radius 1 is 0.519 bits per heavy atom. The molecular weight excluding hydrogens is 672 g/mol. The number of nitrogens with zero attached hydrogens (tertiary/aromatic N) is 6. The molecular formula is C46H25FN6O. The second kappa shape index (κ2) is 11.4. The van der Waals surface area contributed by atoms with E-state index in [1.165, 1.54) is 12.1 Å². The second-order valence-corrected chi connectivity index (χ2v) is 13.3.